The Morgan fingerprint density at radius 2 is 1.64 bits per heavy atom. The molecular weight excluding hydrogens is 379 g/mol. The molecule has 0 aliphatic carbocycles. The van der Waals surface area contributed by atoms with E-state index < -0.39 is 26.1 Å². The summed E-state index contributed by atoms with van der Waals surface area (Å²) in [5, 5.41) is 11.2. The van der Waals surface area contributed by atoms with Gasteiger partial charge in [-0.2, -0.15) is 13.2 Å². The Kier molecular flexibility index (Phi) is 4.92. The van der Waals surface area contributed by atoms with E-state index in [0.29, 0.717) is 5.01 Å². The number of carbonyl (C=O) groups is 1. The fourth-order valence-electron chi connectivity index (χ4n) is 1.67. The molecule has 1 amide bonds. The van der Waals surface area contributed by atoms with Crippen LogP contribution in [0, 0.1) is 0 Å². The maximum absolute atomic E-state index is 12.5. The zero-order valence-corrected chi connectivity index (χ0v) is 15.0. The smallest absolute Gasteiger partial charge is 0.296 e. The number of benzene rings is 1. The van der Waals surface area contributed by atoms with Crippen molar-refractivity contribution in [2.24, 2.45) is 0 Å². The number of amides is 1. The summed E-state index contributed by atoms with van der Waals surface area (Å²) >= 11 is 1.17. The molecule has 2 aromatic rings. The number of halogens is 3. The Hall–Kier alpha value is -2.01. The highest BCUT2D eigenvalue weighted by molar-refractivity contribution is 7.92. The van der Waals surface area contributed by atoms with Crippen molar-refractivity contribution in [3.63, 3.8) is 0 Å². The van der Waals surface area contributed by atoms with E-state index in [0.717, 1.165) is 24.3 Å². The van der Waals surface area contributed by atoms with Crippen LogP contribution in [0.1, 0.15) is 36.1 Å². The third-order valence-corrected chi connectivity index (χ3v) is 5.79. The van der Waals surface area contributed by atoms with Crippen molar-refractivity contribution in [2.45, 2.75) is 36.6 Å². The van der Waals surface area contributed by atoms with Gasteiger partial charge in [-0.25, -0.2) is 8.42 Å². The molecule has 0 atom stereocenters. The third-order valence-electron chi connectivity index (χ3n) is 3.02. The Morgan fingerprint density at radius 3 is 2.08 bits per heavy atom. The van der Waals surface area contributed by atoms with E-state index in [1.165, 1.54) is 11.3 Å². The first kappa shape index (κ1) is 19.3. The molecule has 1 N–H and O–H groups in total. The van der Waals surface area contributed by atoms with Crippen molar-refractivity contribution >= 4 is 32.2 Å². The second kappa shape index (κ2) is 6.37. The first-order chi connectivity index (χ1) is 11.3. The van der Waals surface area contributed by atoms with Gasteiger partial charge in [-0.3, -0.25) is 10.1 Å². The van der Waals surface area contributed by atoms with Crippen LogP contribution in [0.15, 0.2) is 29.2 Å². The van der Waals surface area contributed by atoms with E-state index in [-0.39, 0.29) is 16.1 Å². The molecular formula is C14H14F3N3O3S2. The molecule has 0 saturated heterocycles. The number of aromatic nitrogens is 2. The number of hydrogen-bond donors (Lipinski definition) is 1. The van der Waals surface area contributed by atoms with Crippen LogP contribution in [0.5, 0.6) is 0 Å². The standard InChI is InChI=1S/C14H14F3N3O3S2/c1-13(2,3)11-19-20-12(24-11)18-10(21)8-4-6-9(7-5-8)25(22,23)14(15,16)17/h4-7H,1-3H3,(H,18,20,21). The predicted octanol–water partition coefficient (Wildman–Crippen LogP) is 3.38. The Bertz CT molecular complexity index is 883. The third kappa shape index (κ3) is 4.15. The van der Waals surface area contributed by atoms with Gasteiger partial charge in [0.1, 0.15) is 5.01 Å². The minimum Gasteiger partial charge on any atom is -0.296 e. The molecule has 0 aliphatic heterocycles. The molecule has 0 aliphatic rings. The van der Waals surface area contributed by atoms with Crippen LogP contribution in [0.4, 0.5) is 18.3 Å². The normalized spacial score (nSPS) is 12.9. The van der Waals surface area contributed by atoms with Gasteiger partial charge in [-0.05, 0) is 24.3 Å². The van der Waals surface area contributed by atoms with Gasteiger partial charge >= 0.3 is 5.51 Å². The maximum atomic E-state index is 12.5. The van der Waals surface area contributed by atoms with E-state index in [1.54, 1.807) is 0 Å². The number of anilines is 1. The topological polar surface area (TPSA) is 89.0 Å². The summed E-state index contributed by atoms with van der Waals surface area (Å²) in [7, 11) is -5.44. The number of rotatable bonds is 3. The van der Waals surface area contributed by atoms with E-state index >= 15 is 0 Å². The average molecular weight is 393 g/mol. The zero-order valence-electron chi connectivity index (χ0n) is 13.4. The fourth-order valence-corrected chi connectivity index (χ4v) is 3.22. The highest BCUT2D eigenvalue weighted by atomic mass is 32.2. The van der Waals surface area contributed by atoms with E-state index in [2.05, 4.69) is 15.5 Å². The molecule has 1 aromatic carbocycles. The van der Waals surface area contributed by atoms with Crippen LogP contribution in [-0.2, 0) is 15.3 Å². The second-order valence-electron chi connectivity index (χ2n) is 6.09. The lowest BCUT2D eigenvalue weighted by Crippen LogP contribution is -2.23. The molecule has 1 aromatic heterocycles. The Balaban J connectivity index is 2.18. The van der Waals surface area contributed by atoms with Gasteiger partial charge in [-0.1, -0.05) is 32.1 Å². The van der Waals surface area contributed by atoms with Gasteiger partial charge in [-0.15, -0.1) is 10.2 Å². The van der Waals surface area contributed by atoms with Crippen molar-refractivity contribution in [3.05, 3.63) is 34.8 Å². The van der Waals surface area contributed by atoms with Crippen molar-refractivity contribution in [2.75, 3.05) is 5.32 Å². The molecule has 1 heterocycles. The van der Waals surface area contributed by atoms with E-state index in [4.69, 9.17) is 0 Å². The van der Waals surface area contributed by atoms with E-state index in [1.807, 2.05) is 20.8 Å². The number of carbonyl (C=O) groups excluding carboxylic acids is 1. The van der Waals surface area contributed by atoms with Crippen LogP contribution in [0.2, 0.25) is 0 Å². The number of nitrogens with one attached hydrogen (secondary N) is 1. The summed E-state index contributed by atoms with van der Waals surface area (Å²) in [6, 6.07) is 3.47. The van der Waals surface area contributed by atoms with Gasteiger partial charge in [0.2, 0.25) is 5.13 Å². The molecule has 25 heavy (non-hydrogen) atoms. The molecule has 0 saturated carbocycles. The zero-order chi connectivity index (χ0) is 19.0. The average Bonchev–Trinajstić information content (AvgIpc) is 2.95. The highest BCUT2D eigenvalue weighted by Crippen LogP contribution is 2.30. The minimum atomic E-state index is -5.44. The van der Waals surface area contributed by atoms with Crippen LogP contribution < -0.4 is 5.32 Å². The van der Waals surface area contributed by atoms with Crippen molar-refractivity contribution in [1.29, 1.82) is 0 Å². The summed E-state index contributed by atoms with van der Waals surface area (Å²) in [4.78, 5) is 11.2. The van der Waals surface area contributed by atoms with Crippen molar-refractivity contribution in [3.8, 4) is 0 Å². The van der Waals surface area contributed by atoms with Crippen LogP contribution in [-0.4, -0.2) is 30.0 Å². The number of nitrogens with zero attached hydrogens (tertiary/aromatic N) is 2. The molecule has 0 bridgehead atoms. The van der Waals surface area contributed by atoms with Crippen molar-refractivity contribution < 1.29 is 26.4 Å². The van der Waals surface area contributed by atoms with Gasteiger partial charge < -0.3 is 0 Å². The molecule has 0 unspecified atom stereocenters. The largest absolute Gasteiger partial charge is 0.501 e. The molecule has 6 nitrogen and oxygen atoms in total. The van der Waals surface area contributed by atoms with Crippen LogP contribution >= 0.6 is 11.3 Å². The minimum absolute atomic E-state index is 0.00590. The first-order valence-electron chi connectivity index (χ1n) is 6.89. The Labute approximate surface area is 146 Å². The maximum Gasteiger partial charge on any atom is 0.501 e. The number of hydrogen-bond acceptors (Lipinski definition) is 6. The summed E-state index contributed by atoms with van der Waals surface area (Å²) in [6.07, 6.45) is 0. The SMILES string of the molecule is CC(C)(C)c1nnc(NC(=O)c2ccc(S(=O)(=O)C(F)(F)F)cc2)s1. The molecule has 11 heteroatoms. The summed E-state index contributed by atoms with van der Waals surface area (Å²) < 4.78 is 60.0. The molecule has 0 fully saturated rings. The number of sulfone groups is 1. The van der Waals surface area contributed by atoms with Crippen molar-refractivity contribution in [1.82, 2.24) is 10.2 Å². The lowest BCUT2D eigenvalue weighted by atomic mass is 9.98. The number of alkyl halides is 3. The van der Waals surface area contributed by atoms with Crippen LogP contribution in [0.25, 0.3) is 0 Å². The van der Waals surface area contributed by atoms with Crippen LogP contribution in [0.3, 0.4) is 0 Å². The van der Waals surface area contributed by atoms with Gasteiger partial charge in [0, 0.05) is 11.0 Å². The van der Waals surface area contributed by atoms with Gasteiger partial charge in [0.15, 0.2) is 0 Å². The second-order valence-corrected chi connectivity index (χ2v) is 9.01. The Morgan fingerprint density at radius 1 is 1.08 bits per heavy atom. The fraction of sp³-hybridized carbons (Fsp3) is 0.357. The summed E-state index contributed by atoms with van der Waals surface area (Å²) in [5.74, 6) is -0.632. The monoisotopic (exact) mass is 393 g/mol. The predicted molar refractivity (Wildman–Crippen MR) is 86.2 cm³/mol. The highest BCUT2D eigenvalue weighted by Gasteiger charge is 2.46. The lowest BCUT2D eigenvalue weighted by Gasteiger charge is -2.12. The summed E-state index contributed by atoms with van der Waals surface area (Å²) in [5.41, 5.74) is -5.64. The van der Waals surface area contributed by atoms with Gasteiger partial charge in [0.25, 0.3) is 15.7 Å². The lowest BCUT2D eigenvalue weighted by molar-refractivity contribution is -0.0436. The quantitative estimate of drug-likeness (QED) is 0.864. The molecule has 0 radical (unpaired) electrons. The van der Waals surface area contributed by atoms with E-state index in [9.17, 15) is 26.4 Å². The molecule has 2 rings (SSSR count). The summed E-state index contributed by atoms with van der Waals surface area (Å²) in [6.45, 7) is 5.79. The van der Waals surface area contributed by atoms with Gasteiger partial charge in [0.05, 0.1) is 4.90 Å². The molecule has 136 valence electrons. The molecule has 0 spiro atoms. The first-order valence-corrected chi connectivity index (χ1v) is 9.19.